The summed E-state index contributed by atoms with van der Waals surface area (Å²) in [6.45, 7) is 6.11. The van der Waals surface area contributed by atoms with Crippen LogP contribution in [0.1, 0.15) is 26.3 Å². The minimum Gasteiger partial charge on any atom is -0.317 e. The molecule has 1 aromatic heterocycles. The second-order valence-electron chi connectivity index (χ2n) is 4.21. The van der Waals surface area contributed by atoms with E-state index in [4.69, 9.17) is 11.6 Å². The first kappa shape index (κ1) is 10.3. The second kappa shape index (κ2) is 3.18. The molecule has 2 nitrogen and oxygen atoms in total. The fourth-order valence-electron chi connectivity index (χ4n) is 1.18. The first-order valence-electron chi connectivity index (χ1n) is 4.19. The molecule has 1 rings (SSSR count). The number of aryl methyl sites for hydroxylation is 1. The zero-order valence-corrected chi connectivity index (χ0v) is 9.14. The van der Waals surface area contributed by atoms with Crippen molar-refractivity contribution in [1.29, 1.82) is 0 Å². The highest BCUT2D eigenvalue weighted by molar-refractivity contribution is 6.31. The van der Waals surface area contributed by atoms with Crippen molar-refractivity contribution in [3.05, 3.63) is 33.2 Å². The number of hydrogen-bond acceptors (Lipinski definition) is 1. The van der Waals surface area contributed by atoms with E-state index in [1.54, 1.807) is 13.2 Å². The molecule has 0 fully saturated rings. The highest BCUT2D eigenvalue weighted by Gasteiger charge is 2.19. The van der Waals surface area contributed by atoms with Crippen LogP contribution < -0.4 is 5.56 Å². The smallest absolute Gasteiger partial charge is 0.269 e. The van der Waals surface area contributed by atoms with Crippen molar-refractivity contribution in [3.63, 3.8) is 0 Å². The van der Waals surface area contributed by atoms with E-state index in [1.165, 1.54) is 4.57 Å². The minimum atomic E-state index is -0.130. The summed E-state index contributed by atoms with van der Waals surface area (Å²) >= 11 is 5.95. The van der Waals surface area contributed by atoms with Gasteiger partial charge in [-0.05, 0) is 17.0 Å². The van der Waals surface area contributed by atoms with Gasteiger partial charge in [0.25, 0.3) is 5.56 Å². The fraction of sp³-hybridized carbons (Fsp3) is 0.500. The van der Waals surface area contributed by atoms with Crippen molar-refractivity contribution >= 4 is 11.6 Å². The molecule has 3 heteroatoms. The van der Waals surface area contributed by atoms with Gasteiger partial charge in [0.15, 0.2) is 0 Å². The SMILES string of the molecule is Cn1ccc(C(C)(C)C)c(Cl)c1=O. The van der Waals surface area contributed by atoms with Gasteiger partial charge in [0.1, 0.15) is 5.02 Å². The van der Waals surface area contributed by atoms with Gasteiger partial charge in [0.2, 0.25) is 0 Å². The third-order valence-electron chi connectivity index (χ3n) is 2.02. The van der Waals surface area contributed by atoms with E-state index in [2.05, 4.69) is 0 Å². The second-order valence-corrected chi connectivity index (χ2v) is 4.59. The quantitative estimate of drug-likeness (QED) is 0.629. The summed E-state index contributed by atoms with van der Waals surface area (Å²) in [6, 6.07) is 1.89. The van der Waals surface area contributed by atoms with Gasteiger partial charge in [0.05, 0.1) is 0 Å². The van der Waals surface area contributed by atoms with Crippen LogP contribution in [0.5, 0.6) is 0 Å². The summed E-state index contributed by atoms with van der Waals surface area (Å²) in [5, 5.41) is 0.331. The summed E-state index contributed by atoms with van der Waals surface area (Å²) in [4.78, 5) is 11.5. The van der Waals surface area contributed by atoms with Crippen molar-refractivity contribution in [1.82, 2.24) is 4.57 Å². The summed E-state index contributed by atoms with van der Waals surface area (Å²) < 4.78 is 1.48. The molecule has 0 radical (unpaired) electrons. The Labute approximate surface area is 83.2 Å². The number of nitrogens with zero attached hydrogens (tertiary/aromatic N) is 1. The molecule has 72 valence electrons. The molecule has 13 heavy (non-hydrogen) atoms. The van der Waals surface area contributed by atoms with E-state index in [1.807, 2.05) is 26.8 Å². The van der Waals surface area contributed by atoms with Gasteiger partial charge < -0.3 is 4.57 Å². The molecule has 0 aliphatic heterocycles. The number of aromatic nitrogens is 1. The zero-order valence-electron chi connectivity index (χ0n) is 8.39. The van der Waals surface area contributed by atoms with Crippen LogP contribution in [-0.2, 0) is 12.5 Å². The van der Waals surface area contributed by atoms with Gasteiger partial charge in [-0.3, -0.25) is 4.79 Å². The normalized spacial score (nSPS) is 11.8. The number of pyridine rings is 1. The Kier molecular flexibility index (Phi) is 2.53. The molecule has 0 saturated heterocycles. The lowest BCUT2D eigenvalue weighted by molar-refractivity contribution is 0.586. The van der Waals surface area contributed by atoms with Crippen LogP contribution in [0.25, 0.3) is 0 Å². The van der Waals surface area contributed by atoms with Crippen LogP contribution in [0.4, 0.5) is 0 Å². The fourth-order valence-corrected chi connectivity index (χ4v) is 1.66. The van der Waals surface area contributed by atoms with Gasteiger partial charge in [-0.1, -0.05) is 32.4 Å². The lowest BCUT2D eigenvalue weighted by atomic mass is 9.88. The monoisotopic (exact) mass is 199 g/mol. The average molecular weight is 200 g/mol. The van der Waals surface area contributed by atoms with Crippen LogP contribution in [0.2, 0.25) is 5.02 Å². The molecular formula is C10H14ClNO. The van der Waals surface area contributed by atoms with E-state index in [0.29, 0.717) is 5.02 Å². The minimum absolute atomic E-state index is 0.0789. The molecule has 0 bridgehead atoms. The van der Waals surface area contributed by atoms with Gasteiger partial charge >= 0.3 is 0 Å². The number of rotatable bonds is 0. The molecule has 1 aromatic rings. The van der Waals surface area contributed by atoms with Crippen molar-refractivity contribution < 1.29 is 0 Å². The predicted molar refractivity (Wildman–Crippen MR) is 55.4 cm³/mol. The standard InChI is InChI=1S/C10H14ClNO/c1-10(2,3)7-5-6-12(4)9(13)8(7)11/h5-6H,1-4H3. The maximum atomic E-state index is 11.5. The third kappa shape index (κ3) is 1.94. The van der Waals surface area contributed by atoms with Gasteiger partial charge in [-0.2, -0.15) is 0 Å². The van der Waals surface area contributed by atoms with Crippen LogP contribution in [0.15, 0.2) is 17.1 Å². The molecular weight excluding hydrogens is 186 g/mol. The van der Waals surface area contributed by atoms with Crippen molar-refractivity contribution in [2.24, 2.45) is 7.05 Å². The van der Waals surface area contributed by atoms with Gasteiger partial charge in [-0.15, -0.1) is 0 Å². The highest BCUT2D eigenvalue weighted by atomic mass is 35.5. The molecule has 0 spiro atoms. The molecule has 0 aliphatic rings. The van der Waals surface area contributed by atoms with Crippen molar-refractivity contribution in [2.45, 2.75) is 26.2 Å². The number of hydrogen-bond donors (Lipinski definition) is 0. The first-order valence-corrected chi connectivity index (χ1v) is 4.57. The van der Waals surface area contributed by atoms with E-state index in [0.717, 1.165) is 5.56 Å². The lowest BCUT2D eigenvalue weighted by Gasteiger charge is -2.20. The Morgan fingerprint density at radius 3 is 2.38 bits per heavy atom. The highest BCUT2D eigenvalue weighted by Crippen LogP contribution is 2.26. The summed E-state index contributed by atoms with van der Waals surface area (Å²) in [5.74, 6) is 0. The summed E-state index contributed by atoms with van der Waals surface area (Å²) in [5.41, 5.74) is 0.691. The maximum Gasteiger partial charge on any atom is 0.269 e. The predicted octanol–water partition coefficient (Wildman–Crippen LogP) is 2.34. The Bertz CT molecular complexity index is 373. The molecule has 1 heterocycles. The van der Waals surface area contributed by atoms with E-state index in [9.17, 15) is 4.79 Å². The largest absolute Gasteiger partial charge is 0.317 e. The van der Waals surface area contributed by atoms with Crippen molar-refractivity contribution in [2.75, 3.05) is 0 Å². The van der Waals surface area contributed by atoms with E-state index < -0.39 is 0 Å². The molecule has 0 N–H and O–H groups in total. The molecule has 0 atom stereocenters. The van der Waals surface area contributed by atoms with Gasteiger partial charge in [0, 0.05) is 13.2 Å². The van der Waals surface area contributed by atoms with Crippen LogP contribution in [0.3, 0.4) is 0 Å². The lowest BCUT2D eigenvalue weighted by Crippen LogP contribution is -2.22. The Morgan fingerprint density at radius 2 is 1.92 bits per heavy atom. The molecule has 0 aromatic carbocycles. The summed E-state index contributed by atoms with van der Waals surface area (Å²) in [6.07, 6.45) is 1.74. The van der Waals surface area contributed by atoms with Crippen molar-refractivity contribution in [3.8, 4) is 0 Å². The Hall–Kier alpha value is -0.760. The Morgan fingerprint density at radius 1 is 1.38 bits per heavy atom. The van der Waals surface area contributed by atoms with E-state index >= 15 is 0 Å². The molecule has 0 amide bonds. The zero-order chi connectivity index (χ0) is 10.2. The van der Waals surface area contributed by atoms with E-state index in [-0.39, 0.29) is 11.0 Å². The van der Waals surface area contributed by atoms with Crippen LogP contribution >= 0.6 is 11.6 Å². The molecule has 0 aliphatic carbocycles. The first-order chi connectivity index (χ1) is 5.84. The van der Waals surface area contributed by atoms with Crippen LogP contribution in [-0.4, -0.2) is 4.57 Å². The maximum absolute atomic E-state index is 11.5. The number of halogens is 1. The molecule has 0 unspecified atom stereocenters. The topological polar surface area (TPSA) is 22.0 Å². The van der Waals surface area contributed by atoms with Gasteiger partial charge in [-0.25, -0.2) is 0 Å². The van der Waals surface area contributed by atoms with Crippen LogP contribution in [0, 0.1) is 0 Å². The average Bonchev–Trinajstić information content (AvgIpc) is 1.98. The third-order valence-corrected chi connectivity index (χ3v) is 2.38. The summed E-state index contributed by atoms with van der Waals surface area (Å²) in [7, 11) is 1.70. The Balaban J connectivity index is 3.44. The molecule has 0 saturated carbocycles.